The predicted octanol–water partition coefficient (Wildman–Crippen LogP) is 2.51. The molecule has 0 aliphatic heterocycles. The summed E-state index contributed by atoms with van der Waals surface area (Å²) < 4.78 is 5.80. The Kier molecular flexibility index (Phi) is 3.71. The van der Waals surface area contributed by atoms with Crippen molar-refractivity contribution in [2.45, 2.75) is 13.0 Å². The molecule has 2 rings (SSSR count). The van der Waals surface area contributed by atoms with Crippen LogP contribution >= 0.6 is 0 Å². The van der Waals surface area contributed by atoms with Crippen LogP contribution in [0.15, 0.2) is 48.5 Å². The highest BCUT2D eigenvalue weighted by Gasteiger charge is 2.16. The molecule has 0 fully saturated rings. The lowest BCUT2D eigenvalue weighted by molar-refractivity contribution is 0.0994. The third-order valence-electron chi connectivity index (χ3n) is 2.87. The van der Waals surface area contributed by atoms with Gasteiger partial charge in [0.15, 0.2) is 5.75 Å². The number of carbonyl (C=O) groups is 1. The van der Waals surface area contributed by atoms with Gasteiger partial charge in [0.2, 0.25) is 0 Å². The van der Waals surface area contributed by atoms with Crippen molar-refractivity contribution in [1.82, 2.24) is 0 Å². The summed E-state index contributed by atoms with van der Waals surface area (Å²) in [6, 6.07) is 14.7. The molecule has 19 heavy (non-hydrogen) atoms. The second kappa shape index (κ2) is 5.44. The minimum atomic E-state index is -0.553. The maximum absolute atomic E-state index is 11.4. The van der Waals surface area contributed by atoms with E-state index in [2.05, 4.69) is 0 Å². The molecule has 4 nitrogen and oxygen atoms in total. The largest absolute Gasteiger partial charge is 0.483 e. The average Bonchev–Trinajstić information content (AvgIpc) is 2.41. The van der Waals surface area contributed by atoms with Crippen molar-refractivity contribution in [3.05, 3.63) is 59.7 Å². The standard InChI is InChI=1S/C15H16N2O2/c1-10(11-6-3-2-4-7-11)19-14-12(15(17)18)8-5-9-13(14)16/h2-10H,16H2,1H3,(H2,17,18). The second-order valence-corrected chi connectivity index (χ2v) is 4.26. The fourth-order valence-electron chi connectivity index (χ4n) is 1.85. The molecule has 0 aromatic heterocycles. The third kappa shape index (κ3) is 2.85. The Morgan fingerprint density at radius 3 is 2.42 bits per heavy atom. The van der Waals surface area contributed by atoms with Gasteiger partial charge in [-0.3, -0.25) is 4.79 Å². The lowest BCUT2D eigenvalue weighted by atomic mass is 10.1. The van der Waals surface area contributed by atoms with Crippen molar-refractivity contribution in [1.29, 1.82) is 0 Å². The zero-order chi connectivity index (χ0) is 13.8. The van der Waals surface area contributed by atoms with Crippen molar-refractivity contribution in [2.24, 2.45) is 5.73 Å². The number of para-hydroxylation sites is 1. The van der Waals surface area contributed by atoms with Gasteiger partial charge < -0.3 is 16.2 Å². The van der Waals surface area contributed by atoms with Crippen molar-refractivity contribution >= 4 is 11.6 Å². The highest BCUT2D eigenvalue weighted by molar-refractivity contribution is 5.97. The Morgan fingerprint density at radius 1 is 1.11 bits per heavy atom. The monoisotopic (exact) mass is 256 g/mol. The number of benzene rings is 2. The molecule has 0 saturated heterocycles. The van der Waals surface area contributed by atoms with Gasteiger partial charge in [-0.05, 0) is 24.6 Å². The number of nitrogen functional groups attached to an aromatic ring is 1. The van der Waals surface area contributed by atoms with Crippen LogP contribution in [0.1, 0.15) is 28.9 Å². The molecule has 2 aromatic carbocycles. The SMILES string of the molecule is CC(Oc1c(N)cccc1C(N)=O)c1ccccc1. The van der Waals surface area contributed by atoms with E-state index in [1.807, 2.05) is 37.3 Å². The van der Waals surface area contributed by atoms with Crippen LogP contribution in [0, 0.1) is 0 Å². The van der Waals surface area contributed by atoms with E-state index in [0.717, 1.165) is 5.56 Å². The van der Waals surface area contributed by atoms with E-state index in [9.17, 15) is 4.79 Å². The first-order valence-corrected chi connectivity index (χ1v) is 5.99. The number of amides is 1. The summed E-state index contributed by atoms with van der Waals surface area (Å²) in [6.45, 7) is 1.90. The van der Waals surface area contributed by atoms with Gasteiger partial charge in [0.05, 0.1) is 11.3 Å². The van der Waals surface area contributed by atoms with E-state index in [1.54, 1.807) is 18.2 Å². The van der Waals surface area contributed by atoms with Gasteiger partial charge in [0.25, 0.3) is 5.91 Å². The minimum Gasteiger partial charge on any atom is -0.483 e. The third-order valence-corrected chi connectivity index (χ3v) is 2.87. The second-order valence-electron chi connectivity index (χ2n) is 4.26. The van der Waals surface area contributed by atoms with Crippen LogP contribution in [0.4, 0.5) is 5.69 Å². The topological polar surface area (TPSA) is 78.3 Å². The number of primary amides is 1. The van der Waals surface area contributed by atoms with Crippen LogP contribution in [0.2, 0.25) is 0 Å². The fraction of sp³-hybridized carbons (Fsp3) is 0.133. The summed E-state index contributed by atoms with van der Waals surface area (Å²) in [5.41, 5.74) is 12.9. The number of ether oxygens (including phenoxy) is 1. The molecule has 1 amide bonds. The normalized spacial score (nSPS) is 11.8. The van der Waals surface area contributed by atoms with Gasteiger partial charge >= 0.3 is 0 Å². The first kappa shape index (κ1) is 13.0. The maximum atomic E-state index is 11.4. The molecule has 0 aliphatic rings. The molecule has 1 unspecified atom stereocenters. The molecule has 2 aromatic rings. The number of hydrogen-bond acceptors (Lipinski definition) is 3. The summed E-state index contributed by atoms with van der Waals surface area (Å²) >= 11 is 0. The lowest BCUT2D eigenvalue weighted by Crippen LogP contribution is -2.15. The Morgan fingerprint density at radius 2 is 1.79 bits per heavy atom. The van der Waals surface area contributed by atoms with Crippen LogP contribution in [-0.2, 0) is 0 Å². The molecular formula is C15H16N2O2. The molecule has 0 bridgehead atoms. The van der Waals surface area contributed by atoms with Crippen LogP contribution in [0.3, 0.4) is 0 Å². The van der Waals surface area contributed by atoms with Gasteiger partial charge in [-0.15, -0.1) is 0 Å². The smallest absolute Gasteiger partial charge is 0.252 e. The number of hydrogen-bond donors (Lipinski definition) is 2. The van der Waals surface area contributed by atoms with E-state index in [4.69, 9.17) is 16.2 Å². The Hall–Kier alpha value is -2.49. The highest BCUT2D eigenvalue weighted by atomic mass is 16.5. The highest BCUT2D eigenvalue weighted by Crippen LogP contribution is 2.30. The Labute approximate surface area is 112 Å². The molecule has 0 aliphatic carbocycles. The fourth-order valence-corrected chi connectivity index (χ4v) is 1.85. The van der Waals surface area contributed by atoms with Crippen molar-refractivity contribution < 1.29 is 9.53 Å². The number of rotatable bonds is 4. The van der Waals surface area contributed by atoms with E-state index in [-0.39, 0.29) is 6.10 Å². The van der Waals surface area contributed by atoms with Crippen LogP contribution in [-0.4, -0.2) is 5.91 Å². The first-order valence-electron chi connectivity index (χ1n) is 5.99. The summed E-state index contributed by atoms with van der Waals surface area (Å²) in [6.07, 6.45) is -0.219. The lowest BCUT2D eigenvalue weighted by Gasteiger charge is -2.18. The van der Waals surface area contributed by atoms with E-state index in [0.29, 0.717) is 17.0 Å². The molecule has 0 spiro atoms. The molecule has 1 atom stereocenters. The van der Waals surface area contributed by atoms with Crippen molar-refractivity contribution in [2.75, 3.05) is 5.73 Å². The van der Waals surface area contributed by atoms with Gasteiger partial charge in [0, 0.05) is 0 Å². The number of carbonyl (C=O) groups excluding carboxylic acids is 1. The van der Waals surface area contributed by atoms with E-state index < -0.39 is 5.91 Å². The van der Waals surface area contributed by atoms with Crippen LogP contribution in [0.25, 0.3) is 0 Å². The van der Waals surface area contributed by atoms with Crippen molar-refractivity contribution in [3.63, 3.8) is 0 Å². The summed E-state index contributed by atoms with van der Waals surface area (Å²) in [5.74, 6) is -0.214. The van der Waals surface area contributed by atoms with E-state index in [1.165, 1.54) is 0 Å². The zero-order valence-corrected chi connectivity index (χ0v) is 10.7. The maximum Gasteiger partial charge on any atom is 0.252 e. The molecule has 0 saturated carbocycles. The molecule has 0 heterocycles. The summed E-state index contributed by atoms with van der Waals surface area (Å²) in [5, 5.41) is 0. The number of nitrogens with two attached hydrogens (primary N) is 2. The summed E-state index contributed by atoms with van der Waals surface area (Å²) in [7, 11) is 0. The molecule has 4 N–H and O–H groups in total. The van der Waals surface area contributed by atoms with E-state index >= 15 is 0 Å². The summed E-state index contributed by atoms with van der Waals surface area (Å²) in [4.78, 5) is 11.4. The van der Waals surface area contributed by atoms with Gasteiger partial charge in [-0.1, -0.05) is 36.4 Å². The predicted molar refractivity (Wildman–Crippen MR) is 74.9 cm³/mol. The molecule has 0 radical (unpaired) electrons. The minimum absolute atomic E-state index is 0.219. The Bertz CT molecular complexity index is 582. The van der Waals surface area contributed by atoms with Gasteiger partial charge in [-0.2, -0.15) is 0 Å². The van der Waals surface area contributed by atoms with Crippen molar-refractivity contribution in [3.8, 4) is 5.75 Å². The quantitative estimate of drug-likeness (QED) is 0.825. The van der Waals surface area contributed by atoms with Gasteiger partial charge in [-0.25, -0.2) is 0 Å². The van der Waals surface area contributed by atoms with Gasteiger partial charge in [0.1, 0.15) is 6.10 Å². The van der Waals surface area contributed by atoms with Crippen LogP contribution in [0.5, 0.6) is 5.75 Å². The number of anilines is 1. The van der Waals surface area contributed by atoms with Crippen LogP contribution < -0.4 is 16.2 Å². The average molecular weight is 256 g/mol. The Balaban J connectivity index is 2.31. The first-order chi connectivity index (χ1) is 9.09. The molecule has 98 valence electrons. The molecular weight excluding hydrogens is 240 g/mol. The zero-order valence-electron chi connectivity index (χ0n) is 10.7. The molecule has 4 heteroatoms.